The summed E-state index contributed by atoms with van der Waals surface area (Å²) in [6.07, 6.45) is 6.53. The van der Waals surface area contributed by atoms with Gasteiger partial charge in [-0.15, -0.1) is 24.8 Å². The lowest BCUT2D eigenvalue weighted by atomic mass is 9.94. The quantitative estimate of drug-likeness (QED) is 0.748. The highest BCUT2D eigenvalue weighted by molar-refractivity contribution is 5.95. The van der Waals surface area contributed by atoms with Gasteiger partial charge in [0, 0.05) is 25.4 Å². The number of carbonyl (C=O) groups is 1. The highest BCUT2D eigenvalue weighted by Crippen LogP contribution is 2.24. The van der Waals surface area contributed by atoms with Crippen molar-refractivity contribution in [2.45, 2.75) is 50.7 Å². The van der Waals surface area contributed by atoms with Crippen molar-refractivity contribution in [2.24, 2.45) is 5.73 Å². The molecule has 1 saturated carbocycles. The van der Waals surface area contributed by atoms with E-state index in [1.54, 1.807) is 7.11 Å². The number of para-hydroxylation sites is 1. The summed E-state index contributed by atoms with van der Waals surface area (Å²) in [7, 11) is 3.71. The van der Waals surface area contributed by atoms with E-state index in [0.717, 1.165) is 17.8 Å². The van der Waals surface area contributed by atoms with Crippen molar-refractivity contribution < 1.29 is 9.53 Å². The molecule has 1 aliphatic carbocycles. The Kier molecular flexibility index (Phi) is 12.1. The van der Waals surface area contributed by atoms with Gasteiger partial charge in [-0.25, -0.2) is 0 Å². The van der Waals surface area contributed by atoms with Crippen molar-refractivity contribution in [3.05, 3.63) is 29.8 Å². The number of amides is 1. The average Bonchev–Trinajstić information content (AvgIpc) is 2.57. The maximum Gasteiger partial charge on any atom is 0.243 e. The molecule has 1 amide bonds. The summed E-state index contributed by atoms with van der Waals surface area (Å²) in [5, 5.41) is 2.93. The molecule has 0 aliphatic heterocycles. The van der Waals surface area contributed by atoms with Crippen LogP contribution in [0.4, 0.5) is 5.69 Å². The number of hydrogen-bond donors (Lipinski definition) is 2. The molecule has 144 valence electrons. The van der Waals surface area contributed by atoms with Gasteiger partial charge in [-0.1, -0.05) is 37.5 Å². The van der Waals surface area contributed by atoms with E-state index in [4.69, 9.17) is 10.5 Å². The Balaban J connectivity index is 0.00000288. The minimum absolute atomic E-state index is 0. The minimum atomic E-state index is -0.649. The van der Waals surface area contributed by atoms with E-state index in [1.165, 1.54) is 32.1 Å². The van der Waals surface area contributed by atoms with Crippen molar-refractivity contribution in [1.29, 1.82) is 0 Å². The number of nitrogens with zero attached hydrogens (tertiary/aromatic N) is 1. The summed E-state index contributed by atoms with van der Waals surface area (Å²) in [6.45, 7) is 1.05. The van der Waals surface area contributed by atoms with Crippen LogP contribution in [0.5, 0.6) is 0 Å². The number of nitrogens with two attached hydrogens (primary N) is 1. The van der Waals surface area contributed by atoms with Crippen LogP contribution in [0.3, 0.4) is 0 Å². The average molecular weight is 392 g/mol. The summed E-state index contributed by atoms with van der Waals surface area (Å²) in [5.74, 6) is -0.209. The maximum atomic E-state index is 12.1. The van der Waals surface area contributed by atoms with Crippen LogP contribution in [-0.2, 0) is 16.1 Å². The molecule has 1 atom stereocenters. The topological polar surface area (TPSA) is 67.6 Å². The number of benzene rings is 1. The molecule has 0 spiro atoms. The first-order valence-electron chi connectivity index (χ1n) is 8.45. The summed E-state index contributed by atoms with van der Waals surface area (Å²) in [6, 6.07) is 7.93. The molecule has 0 heterocycles. The van der Waals surface area contributed by atoms with Gasteiger partial charge in [0.05, 0.1) is 6.61 Å². The molecule has 1 aromatic rings. The first-order chi connectivity index (χ1) is 11.1. The predicted molar refractivity (Wildman–Crippen MR) is 108 cm³/mol. The first kappa shape index (κ1) is 24.1. The third-order valence-electron chi connectivity index (χ3n) is 4.58. The molecule has 3 N–H and O–H groups in total. The van der Waals surface area contributed by atoms with Gasteiger partial charge < -0.3 is 15.8 Å². The fourth-order valence-corrected chi connectivity index (χ4v) is 3.18. The Morgan fingerprint density at radius 1 is 1.28 bits per heavy atom. The zero-order chi connectivity index (χ0) is 16.7. The van der Waals surface area contributed by atoms with Gasteiger partial charge in [0.1, 0.15) is 6.04 Å². The molecule has 25 heavy (non-hydrogen) atoms. The van der Waals surface area contributed by atoms with E-state index in [0.29, 0.717) is 6.04 Å². The van der Waals surface area contributed by atoms with Crippen LogP contribution in [0, 0.1) is 0 Å². The molecule has 7 heteroatoms. The number of methoxy groups -OCH3 is 1. The zero-order valence-electron chi connectivity index (χ0n) is 15.1. The predicted octanol–water partition coefficient (Wildman–Crippen LogP) is 3.21. The van der Waals surface area contributed by atoms with Crippen molar-refractivity contribution in [3.63, 3.8) is 0 Å². The van der Waals surface area contributed by atoms with Crippen LogP contribution < -0.4 is 11.1 Å². The molecule has 1 aromatic carbocycles. The van der Waals surface area contributed by atoms with Gasteiger partial charge in [0.25, 0.3) is 0 Å². The number of rotatable bonds is 7. The van der Waals surface area contributed by atoms with Crippen LogP contribution >= 0.6 is 24.8 Å². The van der Waals surface area contributed by atoms with E-state index in [1.807, 2.05) is 18.2 Å². The number of nitrogens with one attached hydrogen (secondary N) is 1. The van der Waals surface area contributed by atoms with Crippen LogP contribution in [0.15, 0.2) is 24.3 Å². The van der Waals surface area contributed by atoms with Gasteiger partial charge in [0.2, 0.25) is 5.91 Å². The highest BCUT2D eigenvalue weighted by Gasteiger charge is 2.20. The Bertz CT molecular complexity index is 511. The summed E-state index contributed by atoms with van der Waals surface area (Å²) < 4.78 is 4.94. The zero-order valence-corrected chi connectivity index (χ0v) is 16.7. The van der Waals surface area contributed by atoms with E-state index < -0.39 is 6.04 Å². The third-order valence-corrected chi connectivity index (χ3v) is 4.58. The summed E-state index contributed by atoms with van der Waals surface area (Å²) in [4.78, 5) is 14.5. The lowest BCUT2D eigenvalue weighted by Crippen LogP contribution is -2.39. The molecule has 1 aliphatic rings. The SMILES string of the molecule is COCC(N)C(=O)Nc1ccccc1CN(C)C1CCCCC1.Cl.Cl. The normalized spacial score (nSPS) is 15.8. The molecule has 2 rings (SSSR count). The molecule has 5 nitrogen and oxygen atoms in total. The molecule has 1 fully saturated rings. The van der Waals surface area contributed by atoms with Crippen molar-refractivity contribution in [3.8, 4) is 0 Å². The Hall–Kier alpha value is -0.850. The Labute approximate surface area is 163 Å². The van der Waals surface area contributed by atoms with Crippen LogP contribution in [0.25, 0.3) is 0 Å². The third kappa shape index (κ3) is 7.50. The van der Waals surface area contributed by atoms with Gasteiger partial charge in [-0.2, -0.15) is 0 Å². The molecule has 1 unspecified atom stereocenters. The van der Waals surface area contributed by atoms with Crippen molar-refractivity contribution >= 4 is 36.4 Å². The maximum absolute atomic E-state index is 12.1. The fourth-order valence-electron chi connectivity index (χ4n) is 3.18. The van der Waals surface area contributed by atoms with E-state index >= 15 is 0 Å². The second-order valence-corrected chi connectivity index (χ2v) is 6.42. The lowest BCUT2D eigenvalue weighted by Gasteiger charge is -2.31. The van der Waals surface area contributed by atoms with E-state index in [2.05, 4.69) is 23.3 Å². The molecule has 0 saturated heterocycles. The number of ether oxygens (including phenoxy) is 1. The molecule has 0 bridgehead atoms. The fraction of sp³-hybridized carbons (Fsp3) is 0.611. The number of carbonyl (C=O) groups excluding carboxylic acids is 1. The van der Waals surface area contributed by atoms with Crippen LogP contribution in [0.2, 0.25) is 0 Å². The number of hydrogen-bond acceptors (Lipinski definition) is 4. The lowest BCUT2D eigenvalue weighted by molar-refractivity contribution is -0.118. The van der Waals surface area contributed by atoms with E-state index in [9.17, 15) is 4.79 Å². The Morgan fingerprint density at radius 2 is 1.92 bits per heavy atom. The molecule has 0 aromatic heterocycles. The number of halogens is 2. The van der Waals surface area contributed by atoms with Crippen LogP contribution in [-0.4, -0.2) is 43.7 Å². The largest absolute Gasteiger partial charge is 0.383 e. The molecular weight excluding hydrogens is 361 g/mol. The molecular formula is C18H31Cl2N3O2. The summed E-state index contributed by atoms with van der Waals surface area (Å²) >= 11 is 0. The van der Waals surface area contributed by atoms with Crippen molar-refractivity contribution in [2.75, 3.05) is 26.1 Å². The Morgan fingerprint density at radius 3 is 2.56 bits per heavy atom. The van der Waals surface area contributed by atoms with Gasteiger partial charge in [0.15, 0.2) is 0 Å². The second kappa shape index (κ2) is 12.5. The molecule has 0 radical (unpaired) electrons. The highest BCUT2D eigenvalue weighted by atomic mass is 35.5. The van der Waals surface area contributed by atoms with Crippen molar-refractivity contribution in [1.82, 2.24) is 4.90 Å². The number of anilines is 1. The second-order valence-electron chi connectivity index (χ2n) is 6.42. The first-order valence-corrected chi connectivity index (χ1v) is 8.45. The van der Waals surface area contributed by atoms with E-state index in [-0.39, 0.29) is 37.3 Å². The van der Waals surface area contributed by atoms with Gasteiger partial charge in [-0.05, 0) is 31.5 Å². The monoisotopic (exact) mass is 391 g/mol. The van der Waals surface area contributed by atoms with Gasteiger partial charge in [-0.3, -0.25) is 9.69 Å². The smallest absolute Gasteiger partial charge is 0.243 e. The standard InChI is InChI=1S/C18H29N3O2.2ClH/c1-21(15-9-4-3-5-10-15)12-14-8-6-7-11-17(14)20-18(22)16(19)13-23-2;;/h6-8,11,15-16H,3-5,9-10,12-13,19H2,1-2H3,(H,20,22);2*1H. The van der Waals surface area contributed by atoms with Gasteiger partial charge >= 0.3 is 0 Å². The summed E-state index contributed by atoms with van der Waals surface area (Å²) in [5.41, 5.74) is 7.76. The minimum Gasteiger partial charge on any atom is -0.383 e. The van der Waals surface area contributed by atoms with Crippen LogP contribution in [0.1, 0.15) is 37.7 Å².